The highest BCUT2D eigenvalue weighted by atomic mass is 16.6. The second-order valence-corrected chi connectivity index (χ2v) is 3.34. The van der Waals surface area contributed by atoms with Gasteiger partial charge in [0.25, 0.3) is 0 Å². The Kier molecular flexibility index (Phi) is 1.77. The van der Waals surface area contributed by atoms with Gasteiger partial charge in [-0.15, -0.1) is 0 Å². The van der Waals surface area contributed by atoms with Crippen LogP contribution in [0.3, 0.4) is 0 Å². The smallest absolute Gasteiger partial charge is 0.123 e. The monoisotopic (exact) mass is 164 g/mol. The third-order valence-electron chi connectivity index (χ3n) is 1.92. The van der Waals surface area contributed by atoms with Crippen molar-refractivity contribution in [2.75, 3.05) is 13.2 Å². The Morgan fingerprint density at radius 3 is 2.67 bits per heavy atom. The van der Waals surface area contributed by atoms with Gasteiger partial charge >= 0.3 is 0 Å². The van der Waals surface area contributed by atoms with Gasteiger partial charge in [-0.3, -0.25) is 0 Å². The van der Waals surface area contributed by atoms with Crippen molar-refractivity contribution < 1.29 is 9.47 Å². The predicted octanol–water partition coefficient (Wildman–Crippen LogP) is 1.85. The maximum Gasteiger partial charge on any atom is 0.123 e. The van der Waals surface area contributed by atoms with Gasteiger partial charge in [0.15, 0.2) is 0 Å². The van der Waals surface area contributed by atoms with Crippen LogP contribution in [-0.2, 0) is 4.74 Å². The molecule has 1 saturated heterocycles. The summed E-state index contributed by atoms with van der Waals surface area (Å²) in [4.78, 5) is 0. The van der Waals surface area contributed by atoms with Crippen LogP contribution >= 0.6 is 0 Å². The molecule has 2 nitrogen and oxygen atoms in total. The van der Waals surface area contributed by atoms with Crippen LogP contribution < -0.4 is 4.74 Å². The normalized spacial score (nSPS) is 26.8. The van der Waals surface area contributed by atoms with Crippen molar-refractivity contribution in [3.63, 3.8) is 0 Å². The SMILES string of the molecule is C[C@]1(COc2ccccc2)CO1. The summed E-state index contributed by atoms with van der Waals surface area (Å²) in [6.07, 6.45) is 0. The van der Waals surface area contributed by atoms with Crippen molar-refractivity contribution in [1.82, 2.24) is 0 Å². The van der Waals surface area contributed by atoms with E-state index in [1.54, 1.807) is 0 Å². The molecule has 2 rings (SSSR count). The summed E-state index contributed by atoms with van der Waals surface area (Å²) in [5.74, 6) is 0.911. The van der Waals surface area contributed by atoms with E-state index in [0.29, 0.717) is 6.61 Å². The quantitative estimate of drug-likeness (QED) is 0.636. The lowest BCUT2D eigenvalue weighted by Crippen LogP contribution is -2.16. The molecular formula is C10H12O2. The number of rotatable bonds is 3. The van der Waals surface area contributed by atoms with Crippen molar-refractivity contribution in [2.24, 2.45) is 0 Å². The third-order valence-corrected chi connectivity index (χ3v) is 1.92. The third kappa shape index (κ3) is 1.77. The molecule has 0 amide bonds. The molecule has 0 spiro atoms. The van der Waals surface area contributed by atoms with Gasteiger partial charge in [-0.05, 0) is 19.1 Å². The summed E-state index contributed by atoms with van der Waals surface area (Å²) in [6, 6.07) is 9.80. The average Bonchev–Trinajstić information content (AvgIpc) is 2.84. The van der Waals surface area contributed by atoms with Crippen LogP contribution in [0.2, 0.25) is 0 Å². The van der Waals surface area contributed by atoms with E-state index >= 15 is 0 Å². The van der Waals surface area contributed by atoms with E-state index in [2.05, 4.69) is 6.92 Å². The summed E-state index contributed by atoms with van der Waals surface area (Å²) in [5, 5.41) is 0. The van der Waals surface area contributed by atoms with Crippen molar-refractivity contribution in [3.8, 4) is 5.75 Å². The maximum atomic E-state index is 5.51. The molecular weight excluding hydrogens is 152 g/mol. The molecule has 0 bridgehead atoms. The van der Waals surface area contributed by atoms with Crippen molar-refractivity contribution in [3.05, 3.63) is 30.3 Å². The number of ether oxygens (including phenoxy) is 2. The van der Waals surface area contributed by atoms with Crippen LogP contribution in [0.5, 0.6) is 5.75 Å². The minimum absolute atomic E-state index is 0.0180. The zero-order chi connectivity index (χ0) is 8.44. The standard InChI is InChI=1S/C10H12O2/c1-10(8-12-10)7-11-9-5-3-2-4-6-9/h2-6H,7-8H2,1H3/t10-/m0/s1. The fourth-order valence-electron chi connectivity index (χ4n) is 0.959. The van der Waals surface area contributed by atoms with Gasteiger partial charge in [-0.1, -0.05) is 18.2 Å². The predicted molar refractivity (Wildman–Crippen MR) is 46.3 cm³/mol. The van der Waals surface area contributed by atoms with Crippen LogP contribution in [-0.4, -0.2) is 18.8 Å². The summed E-state index contributed by atoms with van der Waals surface area (Å²) in [5.41, 5.74) is -0.0180. The van der Waals surface area contributed by atoms with Crippen LogP contribution in [0.15, 0.2) is 30.3 Å². The summed E-state index contributed by atoms with van der Waals surface area (Å²) in [7, 11) is 0. The van der Waals surface area contributed by atoms with Gasteiger partial charge in [-0.25, -0.2) is 0 Å². The Morgan fingerprint density at radius 2 is 2.08 bits per heavy atom. The first-order valence-corrected chi connectivity index (χ1v) is 4.10. The van der Waals surface area contributed by atoms with Crippen LogP contribution in [0.4, 0.5) is 0 Å². The molecule has 0 saturated carbocycles. The van der Waals surface area contributed by atoms with Gasteiger partial charge in [-0.2, -0.15) is 0 Å². The second-order valence-electron chi connectivity index (χ2n) is 3.34. The van der Waals surface area contributed by atoms with Crippen LogP contribution in [0.25, 0.3) is 0 Å². The van der Waals surface area contributed by atoms with Crippen LogP contribution in [0, 0.1) is 0 Å². The Balaban J connectivity index is 1.88. The van der Waals surface area contributed by atoms with Crippen LogP contribution in [0.1, 0.15) is 6.92 Å². The zero-order valence-corrected chi connectivity index (χ0v) is 7.12. The molecule has 2 heteroatoms. The first-order valence-electron chi connectivity index (χ1n) is 4.10. The zero-order valence-electron chi connectivity index (χ0n) is 7.12. The van der Waals surface area contributed by atoms with E-state index in [0.717, 1.165) is 12.4 Å². The Morgan fingerprint density at radius 1 is 1.42 bits per heavy atom. The molecule has 64 valence electrons. The molecule has 1 aromatic carbocycles. The van der Waals surface area contributed by atoms with Gasteiger partial charge in [0, 0.05) is 0 Å². The fraction of sp³-hybridized carbons (Fsp3) is 0.400. The average molecular weight is 164 g/mol. The molecule has 0 aromatic heterocycles. The molecule has 1 aliphatic rings. The number of hydrogen-bond donors (Lipinski definition) is 0. The molecule has 0 aliphatic carbocycles. The van der Waals surface area contributed by atoms with Gasteiger partial charge < -0.3 is 9.47 Å². The first-order chi connectivity index (χ1) is 5.79. The summed E-state index contributed by atoms with van der Waals surface area (Å²) < 4.78 is 10.7. The summed E-state index contributed by atoms with van der Waals surface area (Å²) >= 11 is 0. The molecule has 1 heterocycles. The lowest BCUT2D eigenvalue weighted by atomic mass is 10.2. The van der Waals surface area contributed by atoms with Gasteiger partial charge in [0.05, 0.1) is 6.61 Å². The van der Waals surface area contributed by atoms with E-state index in [1.165, 1.54) is 0 Å². The van der Waals surface area contributed by atoms with Crippen molar-refractivity contribution in [2.45, 2.75) is 12.5 Å². The molecule has 0 radical (unpaired) electrons. The lowest BCUT2D eigenvalue weighted by Gasteiger charge is -2.07. The van der Waals surface area contributed by atoms with Gasteiger partial charge in [0.1, 0.15) is 18.0 Å². The first kappa shape index (κ1) is 7.62. The molecule has 0 N–H and O–H groups in total. The second kappa shape index (κ2) is 2.79. The van der Waals surface area contributed by atoms with E-state index in [9.17, 15) is 0 Å². The number of hydrogen-bond acceptors (Lipinski definition) is 2. The molecule has 1 fully saturated rings. The Bertz CT molecular complexity index is 252. The number of para-hydroxylation sites is 1. The molecule has 1 aliphatic heterocycles. The van der Waals surface area contributed by atoms with E-state index in [4.69, 9.17) is 9.47 Å². The lowest BCUT2D eigenvalue weighted by molar-refractivity contribution is 0.202. The minimum atomic E-state index is -0.0180. The molecule has 1 atom stereocenters. The molecule has 0 unspecified atom stereocenters. The van der Waals surface area contributed by atoms with E-state index in [1.807, 2.05) is 30.3 Å². The van der Waals surface area contributed by atoms with Crippen molar-refractivity contribution in [1.29, 1.82) is 0 Å². The topological polar surface area (TPSA) is 21.8 Å². The number of benzene rings is 1. The van der Waals surface area contributed by atoms with Crippen molar-refractivity contribution >= 4 is 0 Å². The largest absolute Gasteiger partial charge is 0.491 e. The highest BCUT2D eigenvalue weighted by Crippen LogP contribution is 2.26. The molecule has 1 aromatic rings. The highest BCUT2D eigenvalue weighted by Gasteiger charge is 2.40. The van der Waals surface area contributed by atoms with Gasteiger partial charge in [0.2, 0.25) is 0 Å². The fourth-order valence-corrected chi connectivity index (χ4v) is 0.959. The van der Waals surface area contributed by atoms with E-state index in [-0.39, 0.29) is 5.60 Å². The molecule has 12 heavy (non-hydrogen) atoms. The minimum Gasteiger partial charge on any atom is -0.491 e. The van der Waals surface area contributed by atoms with E-state index < -0.39 is 0 Å². The maximum absolute atomic E-state index is 5.51. The Hall–Kier alpha value is -1.02. The Labute approximate surface area is 72.1 Å². The number of epoxide rings is 1. The highest BCUT2D eigenvalue weighted by molar-refractivity contribution is 5.21. The summed E-state index contributed by atoms with van der Waals surface area (Å²) in [6.45, 7) is 3.52.